The van der Waals surface area contributed by atoms with Crippen LogP contribution in [0.1, 0.15) is 11.1 Å². The van der Waals surface area contributed by atoms with Crippen LogP contribution in [0.3, 0.4) is 0 Å². The summed E-state index contributed by atoms with van der Waals surface area (Å²) in [7, 11) is 0. The van der Waals surface area contributed by atoms with Crippen molar-refractivity contribution in [3.63, 3.8) is 0 Å². The Bertz CT molecular complexity index is 614. The second kappa shape index (κ2) is 6.19. The van der Waals surface area contributed by atoms with Gasteiger partial charge in [0.2, 0.25) is 0 Å². The van der Waals surface area contributed by atoms with Gasteiger partial charge < -0.3 is 5.32 Å². The van der Waals surface area contributed by atoms with E-state index in [0.717, 1.165) is 16.8 Å². The van der Waals surface area contributed by atoms with Crippen molar-refractivity contribution < 1.29 is 0 Å². The number of nitrogens with zero attached hydrogens (tertiary/aromatic N) is 1. The summed E-state index contributed by atoms with van der Waals surface area (Å²) in [4.78, 5) is 4.06. The number of hydrogen-bond donors (Lipinski definition) is 1. The van der Waals surface area contributed by atoms with Gasteiger partial charge in [-0.25, -0.2) is 4.98 Å². The molecule has 0 saturated heterocycles. The highest BCUT2D eigenvalue weighted by atomic mass is 35.5. The molecule has 1 aromatic carbocycles. The second-order valence-corrected chi connectivity index (χ2v) is 5.58. The third-order valence-corrected chi connectivity index (χ3v) is 4.07. The smallest absolute Gasteiger partial charge is 0.152 e. The summed E-state index contributed by atoms with van der Waals surface area (Å²) in [5, 5.41) is 5.03. The fourth-order valence-electron chi connectivity index (χ4n) is 1.59. The molecule has 0 aliphatic heterocycles. The maximum Gasteiger partial charge on any atom is 0.152 e. The van der Waals surface area contributed by atoms with Crippen LogP contribution in [0.2, 0.25) is 20.2 Å². The van der Waals surface area contributed by atoms with Gasteiger partial charge in [0.05, 0.1) is 15.7 Å². The minimum atomic E-state index is 0.403. The van der Waals surface area contributed by atoms with Gasteiger partial charge in [-0.2, -0.15) is 0 Å². The van der Waals surface area contributed by atoms with Gasteiger partial charge >= 0.3 is 0 Å². The molecule has 1 N–H and O–H groups in total. The van der Waals surface area contributed by atoms with Crippen LogP contribution in [-0.2, 0) is 6.54 Å². The molecule has 6 heteroatoms. The largest absolute Gasteiger partial charge is 0.378 e. The predicted molar refractivity (Wildman–Crippen MR) is 82.8 cm³/mol. The number of anilines is 1. The van der Waals surface area contributed by atoms with E-state index < -0.39 is 0 Å². The minimum absolute atomic E-state index is 0.403. The molecule has 0 bridgehead atoms. The highest BCUT2D eigenvalue weighted by molar-refractivity contribution is 6.44. The Labute approximate surface area is 131 Å². The van der Waals surface area contributed by atoms with Crippen molar-refractivity contribution >= 4 is 52.1 Å². The molecule has 2 rings (SSSR count). The lowest BCUT2D eigenvalue weighted by Gasteiger charge is -2.12. The molecule has 1 heterocycles. The van der Waals surface area contributed by atoms with Gasteiger partial charge in [-0.15, -0.1) is 0 Å². The molecule has 2 nitrogen and oxygen atoms in total. The number of aromatic nitrogens is 1. The fourth-order valence-corrected chi connectivity index (χ4v) is 2.44. The lowest BCUT2D eigenvalue weighted by Crippen LogP contribution is -2.02. The predicted octanol–water partition coefficient (Wildman–Crippen LogP) is 5.62. The van der Waals surface area contributed by atoms with Crippen LogP contribution < -0.4 is 5.32 Å². The Morgan fingerprint density at radius 1 is 1.11 bits per heavy atom. The first kappa shape index (κ1) is 14.7. The van der Waals surface area contributed by atoms with Crippen molar-refractivity contribution in [3.8, 4) is 0 Å². The quantitative estimate of drug-likeness (QED) is 0.582. The highest BCUT2D eigenvalue weighted by Crippen LogP contribution is 2.32. The van der Waals surface area contributed by atoms with Crippen molar-refractivity contribution in [2.75, 3.05) is 5.32 Å². The van der Waals surface area contributed by atoms with Crippen molar-refractivity contribution in [1.82, 2.24) is 4.98 Å². The standard InChI is InChI=1S/C13H10Cl4N2/c1-7-4-11(13(17)19-5-7)18-6-8-9(14)2-3-10(15)12(8)16/h2-5,18H,6H2,1H3. The van der Waals surface area contributed by atoms with Gasteiger partial charge in [0, 0.05) is 23.3 Å². The van der Waals surface area contributed by atoms with Crippen molar-refractivity contribution in [2.24, 2.45) is 0 Å². The molecule has 1 aromatic heterocycles. The summed E-state index contributed by atoms with van der Waals surface area (Å²) in [5.41, 5.74) is 2.47. The van der Waals surface area contributed by atoms with Gasteiger partial charge in [-0.05, 0) is 30.7 Å². The monoisotopic (exact) mass is 334 g/mol. The van der Waals surface area contributed by atoms with Gasteiger partial charge in [-0.1, -0.05) is 46.4 Å². The first-order valence-corrected chi connectivity index (χ1v) is 6.98. The van der Waals surface area contributed by atoms with E-state index in [0.29, 0.717) is 26.8 Å². The number of hydrogen-bond acceptors (Lipinski definition) is 2. The van der Waals surface area contributed by atoms with E-state index in [2.05, 4.69) is 10.3 Å². The summed E-state index contributed by atoms with van der Waals surface area (Å²) in [6.07, 6.45) is 1.70. The Hall–Kier alpha value is -0.670. The van der Waals surface area contributed by atoms with E-state index in [9.17, 15) is 0 Å². The molecule has 0 fully saturated rings. The van der Waals surface area contributed by atoms with Crippen molar-refractivity contribution in [1.29, 1.82) is 0 Å². The van der Waals surface area contributed by atoms with E-state index >= 15 is 0 Å². The normalized spacial score (nSPS) is 10.6. The van der Waals surface area contributed by atoms with Crippen LogP contribution >= 0.6 is 46.4 Å². The molecule has 0 spiro atoms. The minimum Gasteiger partial charge on any atom is -0.378 e. The molecule has 0 saturated carbocycles. The zero-order valence-corrected chi connectivity index (χ0v) is 13.0. The average Bonchev–Trinajstić information content (AvgIpc) is 2.38. The topological polar surface area (TPSA) is 24.9 Å². The van der Waals surface area contributed by atoms with Gasteiger partial charge in [0.15, 0.2) is 5.15 Å². The van der Waals surface area contributed by atoms with E-state index in [1.165, 1.54) is 0 Å². The molecular formula is C13H10Cl4N2. The zero-order valence-electron chi connectivity index (χ0n) is 9.98. The Balaban J connectivity index is 2.24. The first-order valence-electron chi connectivity index (χ1n) is 5.47. The fraction of sp³-hybridized carbons (Fsp3) is 0.154. The maximum atomic E-state index is 6.13. The molecule has 2 aromatic rings. The molecule has 0 unspecified atom stereocenters. The van der Waals surface area contributed by atoms with Crippen molar-refractivity contribution in [2.45, 2.75) is 13.5 Å². The Kier molecular flexibility index (Phi) is 4.80. The third-order valence-electron chi connectivity index (χ3n) is 2.57. The van der Waals surface area contributed by atoms with Crippen LogP contribution in [0.25, 0.3) is 0 Å². The van der Waals surface area contributed by atoms with Gasteiger partial charge in [0.1, 0.15) is 0 Å². The van der Waals surface area contributed by atoms with E-state index in [1.54, 1.807) is 18.3 Å². The van der Waals surface area contributed by atoms with E-state index in [1.807, 2.05) is 13.0 Å². The summed E-state index contributed by atoms with van der Waals surface area (Å²) < 4.78 is 0. The molecule has 0 amide bonds. The van der Waals surface area contributed by atoms with Gasteiger partial charge in [-0.3, -0.25) is 0 Å². The third kappa shape index (κ3) is 3.46. The molecular weight excluding hydrogens is 326 g/mol. The zero-order chi connectivity index (χ0) is 14.0. The molecule has 0 radical (unpaired) electrons. The summed E-state index contributed by atoms with van der Waals surface area (Å²) in [6.45, 7) is 2.36. The van der Waals surface area contributed by atoms with Crippen LogP contribution in [0.4, 0.5) is 5.69 Å². The Morgan fingerprint density at radius 3 is 2.53 bits per heavy atom. The SMILES string of the molecule is Cc1cnc(Cl)c(NCc2c(Cl)ccc(Cl)c2Cl)c1. The second-order valence-electron chi connectivity index (χ2n) is 4.03. The first-order chi connectivity index (χ1) is 8.99. The lowest BCUT2D eigenvalue weighted by atomic mass is 10.2. The van der Waals surface area contributed by atoms with E-state index in [-0.39, 0.29) is 0 Å². The number of benzene rings is 1. The number of halogens is 4. The molecule has 0 aliphatic carbocycles. The maximum absolute atomic E-state index is 6.13. The molecule has 100 valence electrons. The van der Waals surface area contributed by atoms with Gasteiger partial charge in [0.25, 0.3) is 0 Å². The number of aryl methyl sites for hydroxylation is 1. The summed E-state index contributed by atoms with van der Waals surface area (Å²) >= 11 is 24.2. The number of rotatable bonds is 3. The van der Waals surface area contributed by atoms with Crippen LogP contribution in [0.5, 0.6) is 0 Å². The summed E-state index contributed by atoms with van der Waals surface area (Å²) in [6, 6.07) is 5.28. The summed E-state index contributed by atoms with van der Waals surface area (Å²) in [5.74, 6) is 0. The number of nitrogens with one attached hydrogen (secondary N) is 1. The molecule has 19 heavy (non-hydrogen) atoms. The van der Waals surface area contributed by atoms with Crippen LogP contribution in [-0.4, -0.2) is 4.98 Å². The number of pyridine rings is 1. The van der Waals surface area contributed by atoms with Crippen LogP contribution in [0, 0.1) is 6.92 Å². The van der Waals surface area contributed by atoms with Crippen molar-refractivity contribution in [3.05, 3.63) is 55.7 Å². The average molecular weight is 336 g/mol. The van der Waals surface area contributed by atoms with E-state index in [4.69, 9.17) is 46.4 Å². The lowest BCUT2D eigenvalue weighted by molar-refractivity contribution is 1.13. The highest BCUT2D eigenvalue weighted by Gasteiger charge is 2.10. The van der Waals surface area contributed by atoms with Crippen LogP contribution in [0.15, 0.2) is 24.4 Å². The Morgan fingerprint density at radius 2 is 1.79 bits per heavy atom. The molecule has 0 atom stereocenters. The molecule has 0 aliphatic rings.